The molecule has 0 bridgehead atoms. The molecule has 5 nitrogen and oxygen atoms in total. The lowest BCUT2D eigenvalue weighted by molar-refractivity contribution is -0.121. The first kappa shape index (κ1) is 15.7. The maximum Gasteiger partial charge on any atom is 0.220 e. The molecule has 0 fully saturated rings. The van der Waals surface area contributed by atoms with Gasteiger partial charge in [-0.2, -0.15) is 0 Å². The number of aryl methyl sites for hydroxylation is 1. The van der Waals surface area contributed by atoms with E-state index in [0.29, 0.717) is 31.3 Å². The molecule has 3 N–H and O–H groups in total. The second-order valence-electron chi connectivity index (χ2n) is 4.91. The lowest BCUT2D eigenvalue weighted by atomic mass is 9.94. The van der Waals surface area contributed by atoms with Crippen molar-refractivity contribution < 1.29 is 9.21 Å². The standard InChI is InChI=1S/C14H25N3O2/c1-3-4-12(7-8-15)5-6-13(18)16-10-14-17-9-11(2)19-14/h9,12H,3-8,10,15H2,1-2H3,(H,16,18). The van der Waals surface area contributed by atoms with Gasteiger partial charge in [0, 0.05) is 6.42 Å². The topological polar surface area (TPSA) is 81.2 Å². The molecule has 19 heavy (non-hydrogen) atoms. The molecule has 1 rings (SSSR count). The highest BCUT2D eigenvalue weighted by molar-refractivity contribution is 5.75. The van der Waals surface area contributed by atoms with Gasteiger partial charge in [-0.1, -0.05) is 19.8 Å². The summed E-state index contributed by atoms with van der Waals surface area (Å²) in [5, 5.41) is 2.83. The SMILES string of the molecule is CCCC(CCN)CCC(=O)NCc1ncc(C)o1. The van der Waals surface area contributed by atoms with Gasteiger partial charge in [-0.3, -0.25) is 4.79 Å². The van der Waals surface area contributed by atoms with Crippen molar-refractivity contribution in [2.45, 2.75) is 52.5 Å². The third kappa shape index (κ3) is 6.38. The third-order valence-electron chi connectivity index (χ3n) is 3.16. The van der Waals surface area contributed by atoms with Gasteiger partial charge in [-0.15, -0.1) is 0 Å². The molecule has 0 radical (unpaired) electrons. The smallest absolute Gasteiger partial charge is 0.220 e. The zero-order valence-corrected chi connectivity index (χ0v) is 11.9. The number of nitrogens with zero attached hydrogens (tertiary/aromatic N) is 1. The highest BCUT2D eigenvalue weighted by Gasteiger charge is 2.10. The highest BCUT2D eigenvalue weighted by Crippen LogP contribution is 2.16. The van der Waals surface area contributed by atoms with E-state index in [4.69, 9.17) is 10.2 Å². The van der Waals surface area contributed by atoms with Crippen LogP contribution in [0.5, 0.6) is 0 Å². The average molecular weight is 267 g/mol. The second-order valence-corrected chi connectivity index (χ2v) is 4.91. The number of nitrogens with one attached hydrogen (secondary N) is 1. The number of nitrogens with two attached hydrogens (primary N) is 1. The molecule has 0 aliphatic carbocycles. The number of carbonyl (C=O) groups excluding carboxylic acids is 1. The van der Waals surface area contributed by atoms with E-state index in [1.54, 1.807) is 6.20 Å². The summed E-state index contributed by atoms with van der Waals surface area (Å²) in [5.41, 5.74) is 5.58. The molecule has 1 aromatic rings. The summed E-state index contributed by atoms with van der Waals surface area (Å²) in [4.78, 5) is 15.8. The molecule has 1 heterocycles. The van der Waals surface area contributed by atoms with Gasteiger partial charge in [0.25, 0.3) is 0 Å². The Morgan fingerprint density at radius 3 is 2.84 bits per heavy atom. The van der Waals surface area contributed by atoms with Gasteiger partial charge >= 0.3 is 0 Å². The van der Waals surface area contributed by atoms with Crippen molar-refractivity contribution in [3.63, 3.8) is 0 Å². The maximum atomic E-state index is 11.7. The predicted octanol–water partition coefficient (Wildman–Crippen LogP) is 2.14. The quantitative estimate of drug-likeness (QED) is 0.718. The van der Waals surface area contributed by atoms with Gasteiger partial charge in [0.05, 0.1) is 12.7 Å². The van der Waals surface area contributed by atoms with E-state index in [1.165, 1.54) is 0 Å². The summed E-state index contributed by atoms with van der Waals surface area (Å²) in [6, 6.07) is 0. The Labute approximate surface area is 115 Å². The molecule has 1 aromatic heterocycles. The number of hydrogen-bond acceptors (Lipinski definition) is 4. The third-order valence-corrected chi connectivity index (χ3v) is 3.16. The Balaban J connectivity index is 2.22. The normalized spacial score (nSPS) is 12.4. The van der Waals surface area contributed by atoms with Crippen LogP contribution in [-0.4, -0.2) is 17.4 Å². The van der Waals surface area contributed by atoms with Crippen molar-refractivity contribution >= 4 is 5.91 Å². The Morgan fingerprint density at radius 2 is 2.26 bits per heavy atom. The maximum absolute atomic E-state index is 11.7. The monoisotopic (exact) mass is 267 g/mol. The van der Waals surface area contributed by atoms with Crippen LogP contribution in [0.1, 0.15) is 50.7 Å². The molecule has 0 aromatic carbocycles. The van der Waals surface area contributed by atoms with Crippen molar-refractivity contribution in [2.24, 2.45) is 11.7 Å². The highest BCUT2D eigenvalue weighted by atomic mass is 16.4. The van der Waals surface area contributed by atoms with Crippen LogP contribution in [0.4, 0.5) is 0 Å². The second kappa shape index (κ2) is 8.69. The summed E-state index contributed by atoms with van der Waals surface area (Å²) < 4.78 is 5.29. The fourth-order valence-electron chi connectivity index (χ4n) is 2.16. The fourth-order valence-corrected chi connectivity index (χ4v) is 2.16. The van der Waals surface area contributed by atoms with E-state index in [-0.39, 0.29) is 5.91 Å². The van der Waals surface area contributed by atoms with Crippen molar-refractivity contribution in [3.05, 3.63) is 17.8 Å². The molecule has 0 spiro atoms. The molecule has 5 heteroatoms. The van der Waals surface area contributed by atoms with Crippen LogP contribution in [0.3, 0.4) is 0 Å². The van der Waals surface area contributed by atoms with Crippen molar-refractivity contribution in [1.29, 1.82) is 0 Å². The molecular weight excluding hydrogens is 242 g/mol. The van der Waals surface area contributed by atoms with Gasteiger partial charge in [-0.25, -0.2) is 4.98 Å². The van der Waals surface area contributed by atoms with E-state index < -0.39 is 0 Å². The number of hydrogen-bond donors (Lipinski definition) is 2. The van der Waals surface area contributed by atoms with Crippen LogP contribution < -0.4 is 11.1 Å². The van der Waals surface area contributed by atoms with Gasteiger partial charge < -0.3 is 15.5 Å². The zero-order valence-electron chi connectivity index (χ0n) is 11.9. The first-order valence-corrected chi connectivity index (χ1v) is 7.03. The molecule has 1 unspecified atom stereocenters. The fraction of sp³-hybridized carbons (Fsp3) is 0.714. The Hall–Kier alpha value is -1.36. The van der Waals surface area contributed by atoms with Crippen molar-refractivity contribution in [1.82, 2.24) is 10.3 Å². The predicted molar refractivity (Wildman–Crippen MR) is 74.4 cm³/mol. The van der Waals surface area contributed by atoms with E-state index >= 15 is 0 Å². The van der Waals surface area contributed by atoms with Crippen LogP contribution >= 0.6 is 0 Å². The Kier molecular flexibility index (Phi) is 7.18. The zero-order chi connectivity index (χ0) is 14.1. The van der Waals surface area contributed by atoms with Crippen molar-refractivity contribution in [3.8, 4) is 0 Å². The Bertz CT molecular complexity index is 371. The number of carbonyl (C=O) groups is 1. The molecule has 0 aliphatic rings. The van der Waals surface area contributed by atoms with Crippen LogP contribution in [-0.2, 0) is 11.3 Å². The summed E-state index contributed by atoms with van der Waals surface area (Å²) in [7, 11) is 0. The minimum atomic E-state index is 0.0500. The average Bonchev–Trinajstić information content (AvgIpc) is 2.80. The first-order chi connectivity index (χ1) is 9.15. The van der Waals surface area contributed by atoms with E-state index in [1.807, 2.05) is 6.92 Å². The molecule has 0 saturated carbocycles. The summed E-state index contributed by atoms with van der Waals surface area (Å²) in [6.07, 6.45) is 6.39. The van der Waals surface area contributed by atoms with Crippen LogP contribution in [0, 0.1) is 12.8 Å². The van der Waals surface area contributed by atoms with Gasteiger partial charge in [0.1, 0.15) is 5.76 Å². The minimum Gasteiger partial charge on any atom is -0.444 e. The minimum absolute atomic E-state index is 0.0500. The lowest BCUT2D eigenvalue weighted by Gasteiger charge is -2.14. The van der Waals surface area contributed by atoms with Crippen LogP contribution in [0.2, 0.25) is 0 Å². The number of amides is 1. The number of oxazole rings is 1. The molecule has 1 atom stereocenters. The van der Waals surface area contributed by atoms with Crippen LogP contribution in [0.25, 0.3) is 0 Å². The van der Waals surface area contributed by atoms with E-state index in [0.717, 1.165) is 31.4 Å². The molecule has 0 saturated heterocycles. The summed E-state index contributed by atoms with van der Waals surface area (Å²) >= 11 is 0. The molecular formula is C14H25N3O2. The largest absolute Gasteiger partial charge is 0.444 e. The molecule has 108 valence electrons. The summed E-state index contributed by atoms with van der Waals surface area (Å²) in [6.45, 7) is 5.05. The van der Waals surface area contributed by atoms with Gasteiger partial charge in [-0.05, 0) is 32.2 Å². The first-order valence-electron chi connectivity index (χ1n) is 7.03. The van der Waals surface area contributed by atoms with Gasteiger partial charge in [0.2, 0.25) is 11.8 Å². The molecule has 1 amide bonds. The van der Waals surface area contributed by atoms with E-state index in [2.05, 4.69) is 17.2 Å². The van der Waals surface area contributed by atoms with E-state index in [9.17, 15) is 4.79 Å². The number of aromatic nitrogens is 1. The lowest BCUT2D eigenvalue weighted by Crippen LogP contribution is -2.23. The molecule has 0 aliphatic heterocycles. The Morgan fingerprint density at radius 1 is 1.47 bits per heavy atom. The van der Waals surface area contributed by atoms with Gasteiger partial charge in [0.15, 0.2) is 0 Å². The summed E-state index contributed by atoms with van der Waals surface area (Å²) in [5.74, 6) is 1.92. The van der Waals surface area contributed by atoms with Crippen molar-refractivity contribution in [2.75, 3.05) is 6.54 Å². The number of rotatable bonds is 9. The van der Waals surface area contributed by atoms with Crippen LogP contribution in [0.15, 0.2) is 10.6 Å².